The topological polar surface area (TPSA) is 61.4 Å². The number of ether oxygens (including phenoxy) is 1. The number of benzene rings is 2. The fourth-order valence-electron chi connectivity index (χ4n) is 3.70. The second kappa shape index (κ2) is 6.96. The van der Waals surface area contributed by atoms with E-state index in [2.05, 4.69) is 14.9 Å². The van der Waals surface area contributed by atoms with Crippen molar-refractivity contribution < 1.29 is 14.2 Å². The number of aromatic hydroxyl groups is 1. The number of hydrogen-bond acceptors (Lipinski definition) is 4. The van der Waals surface area contributed by atoms with Crippen molar-refractivity contribution in [3.05, 3.63) is 53.6 Å². The second-order valence-corrected chi connectivity index (χ2v) is 6.77. The van der Waals surface area contributed by atoms with Gasteiger partial charge in [-0.3, -0.25) is 4.90 Å². The molecule has 0 spiro atoms. The number of phenols is 1. The Morgan fingerprint density at radius 1 is 1.27 bits per heavy atom. The minimum atomic E-state index is -0.260. The zero-order valence-electron chi connectivity index (χ0n) is 14.7. The van der Waals surface area contributed by atoms with Crippen LogP contribution in [0.2, 0.25) is 0 Å². The molecule has 0 amide bonds. The van der Waals surface area contributed by atoms with Crippen molar-refractivity contribution in [2.45, 2.75) is 31.8 Å². The van der Waals surface area contributed by atoms with Gasteiger partial charge in [0.2, 0.25) is 0 Å². The molecule has 1 saturated heterocycles. The third kappa shape index (κ3) is 3.24. The van der Waals surface area contributed by atoms with Gasteiger partial charge in [-0.05, 0) is 55.3 Å². The number of hydrogen-bond donors (Lipinski definition) is 2. The van der Waals surface area contributed by atoms with E-state index in [1.807, 2.05) is 12.1 Å². The molecule has 3 aromatic rings. The van der Waals surface area contributed by atoms with Crippen LogP contribution in [-0.2, 0) is 6.54 Å². The van der Waals surface area contributed by atoms with E-state index in [1.54, 1.807) is 19.2 Å². The van der Waals surface area contributed by atoms with Gasteiger partial charge in [0.1, 0.15) is 11.6 Å². The van der Waals surface area contributed by atoms with Gasteiger partial charge in [0, 0.05) is 6.54 Å². The first kappa shape index (κ1) is 16.8. The van der Waals surface area contributed by atoms with Crippen LogP contribution in [0.4, 0.5) is 4.39 Å². The third-order valence-corrected chi connectivity index (χ3v) is 5.02. The molecule has 1 aliphatic heterocycles. The lowest BCUT2D eigenvalue weighted by molar-refractivity contribution is 0.134. The molecule has 0 bridgehead atoms. The average molecular weight is 355 g/mol. The molecule has 5 nitrogen and oxygen atoms in total. The Morgan fingerprint density at radius 2 is 2.15 bits per heavy atom. The number of fused-ring (bicyclic) bond motifs is 1. The third-order valence-electron chi connectivity index (χ3n) is 5.02. The number of aromatic nitrogens is 2. The van der Waals surface area contributed by atoms with E-state index in [0.717, 1.165) is 54.8 Å². The van der Waals surface area contributed by atoms with Gasteiger partial charge in [-0.2, -0.15) is 0 Å². The summed E-state index contributed by atoms with van der Waals surface area (Å²) in [5, 5.41) is 9.79. The Kier molecular flexibility index (Phi) is 4.51. The number of piperidine rings is 1. The van der Waals surface area contributed by atoms with Crippen LogP contribution in [0.3, 0.4) is 0 Å². The number of phenolic OH excluding ortho intramolecular Hbond substituents is 1. The minimum Gasteiger partial charge on any atom is -0.504 e. The molecule has 0 saturated carbocycles. The lowest BCUT2D eigenvalue weighted by atomic mass is 10.0. The molecule has 1 fully saturated rings. The zero-order valence-corrected chi connectivity index (χ0v) is 14.7. The Morgan fingerprint density at radius 3 is 3.00 bits per heavy atom. The van der Waals surface area contributed by atoms with E-state index < -0.39 is 0 Å². The average Bonchev–Trinajstić information content (AvgIpc) is 3.06. The highest BCUT2D eigenvalue weighted by Crippen LogP contribution is 2.33. The number of nitrogens with zero attached hydrogens (tertiary/aromatic N) is 2. The first-order valence-electron chi connectivity index (χ1n) is 8.89. The summed E-state index contributed by atoms with van der Waals surface area (Å²) in [7, 11) is 1.55. The van der Waals surface area contributed by atoms with Crippen LogP contribution in [0.25, 0.3) is 11.0 Å². The fourth-order valence-corrected chi connectivity index (χ4v) is 3.70. The van der Waals surface area contributed by atoms with Crippen LogP contribution in [0.15, 0.2) is 36.4 Å². The summed E-state index contributed by atoms with van der Waals surface area (Å²) in [5.41, 5.74) is 2.60. The standard InChI is InChI=1S/C20H22FN3O2/c1-26-19-10-13(5-8-18(19)25)12-24-9-3-2-4-17(24)20-22-15-7-6-14(21)11-16(15)23-20/h5-8,10-11,17,25H,2-4,9,12H2,1H3,(H,22,23)/t17-/m1/s1. The summed E-state index contributed by atoms with van der Waals surface area (Å²) in [6.45, 7) is 1.71. The van der Waals surface area contributed by atoms with Crippen molar-refractivity contribution in [3.8, 4) is 11.5 Å². The molecule has 0 aliphatic carbocycles. The summed E-state index contributed by atoms with van der Waals surface area (Å²) in [6.07, 6.45) is 3.30. The summed E-state index contributed by atoms with van der Waals surface area (Å²) in [6, 6.07) is 10.3. The Labute approximate surface area is 151 Å². The molecular weight excluding hydrogens is 333 g/mol. The van der Waals surface area contributed by atoms with E-state index in [0.29, 0.717) is 5.75 Å². The molecule has 2 aromatic carbocycles. The molecule has 26 heavy (non-hydrogen) atoms. The summed E-state index contributed by atoms with van der Waals surface area (Å²) in [5.74, 6) is 1.25. The Balaban J connectivity index is 1.61. The van der Waals surface area contributed by atoms with Gasteiger partial charge < -0.3 is 14.8 Å². The first-order valence-corrected chi connectivity index (χ1v) is 8.89. The lowest BCUT2D eigenvalue weighted by Crippen LogP contribution is -2.33. The number of halogens is 1. The first-order chi connectivity index (χ1) is 12.6. The second-order valence-electron chi connectivity index (χ2n) is 6.77. The van der Waals surface area contributed by atoms with Crippen LogP contribution >= 0.6 is 0 Å². The smallest absolute Gasteiger partial charge is 0.160 e. The Bertz CT molecular complexity index is 925. The number of nitrogens with one attached hydrogen (secondary N) is 1. The van der Waals surface area contributed by atoms with Crippen LogP contribution in [0.1, 0.15) is 36.7 Å². The monoisotopic (exact) mass is 355 g/mol. The highest BCUT2D eigenvalue weighted by molar-refractivity contribution is 5.75. The largest absolute Gasteiger partial charge is 0.504 e. The van der Waals surface area contributed by atoms with E-state index in [1.165, 1.54) is 12.1 Å². The van der Waals surface area contributed by atoms with Gasteiger partial charge in [0.25, 0.3) is 0 Å². The summed E-state index contributed by atoms with van der Waals surface area (Å²) >= 11 is 0. The number of H-pyrrole nitrogens is 1. The molecule has 1 atom stereocenters. The summed E-state index contributed by atoms with van der Waals surface area (Å²) < 4.78 is 18.7. The molecule has 0 unspecified atom stereocenters. The van der Waals surface area contributed by atoms with Gasteiger partial charge in [0.15, 0.2) is 11.5 Å². The van der Waals surface area contributed by atoms with Gasteiger partial charge in [-0.25, -0.2) is 9.37 Å². The van der Waals surface area contributed by atoms with Crippen LogP contribution < -0.4 is 4.74 Å². The van der Waals surface area contributed by atoms with Crippen molar-refractivity contribution in [1.82, 2.24) is 14.9 Å². The van der Waals surface area contributed by atoms with Crippen molar-refractivity contribution in [1.29, 1.82) is 0 Å². The highest BCUT2D eigenvalue weighted by atomic mass is 19.1. The van der Waals surface area contributed by atoms with Crippen LogP contribution in [0.5, 0.6) is 11.5 Å². The molecule has 136 valence electrons. The van der Waals surface area contributed by atoms with Crippen molar-refractivity contribution in [3.63, 3.8) is 0 Å². The van der Waals surface area contributed by atoms with Crippen molar-refractivity contribution in [2.75, 3.05) is 13.7 Å². The van der Waals surface area contributed by atoms with Crippen LogP contribution in [0, 0.1) is 5.82 Å². The molecule has 4 rings (SSSR count). The SMILES string of the molecule is COc1cc(CN2CCCC[C@@H]2c2nc3ccc(F)cc3[nH]2)ccc1O. The number of likely N-dealkylation sites (tertiary alicyclic amines) is 1. The number of methoxy groups -OCH3 is 1. The molecule has 2 N–H and O–H groups in total. The van der Waals surface area contributed by atoms with Crippen LogP contribution in [-0.4, -0.2) is 33.6 Å². The molecule has 6 heteroatoms. The number of rotatable bonds is 4. The molecular formula is C20H22FN3O2. The lowest BCUT2D eigenvalue weighted by Gasteiger charge is -2.34. The van der Waals surface area contributed by atoms with E-state index in [-0.39, 0.29) is 17.6 Å². The minimum absolute atomic E-state index is 0.144. The predicted octanol–water partition coefficient (Wildman–Crippen LogP) is 4.14. The van der Waals surface area contributed by atoms with Gasteiger partial charge in [-0.15, -0.1) is 0 Å². The maximum absolute atomic E-state index is 13.5. The maximum Gasteiger partial charge on any atom is 0.160 e. The van der Waals surface area contributed by atoms with Crippen molar-refractivity contribution >= 4 is 11.0 Å². The predicted molar refractivity (Wildman–Crippen MR) is 97.7 cm³/mol. The zero-order chi connectivity index (χ0) is 18.1. The molecule has 2 heterocycles. The molecule has 0 radical (unpaired) electrons. The van der Waals surface area contributed by atoms with E-state index in [9.17, 15) is 9.50 Å². The van der Waals surface area contributed by atoms with Gasteiger partial charge >= 0.3 is 0 Å². The molecule has 1 aliphatic rings. The van der Waals surface area contributed by atoms with Gasteiger partial charge in [0.05, 0.1) is 24.2 Å². The van der Waals surface area contributed by atoms with E-state index >= 15 is 0 Å². The summed E-state index contributed by atoms with van der Waals surface area (Å²) in [4.78, 5) is 10.4. The fraction of sp³-hybridized carbons (Fsp3) is 0.350. The number of aromatic amines is 1. The quantitative estimate of drug-likeness (QED) is 0.738. The molecule has 1 aromatic heterocycles. The Hall–Kier alpha value is -2.60. The number of imidazole rings is 1. The van der Waals surface area contributed by atoms with E-state index in [4.69, 9.17) is 4.74 Å². The highest BCUT2D eigenvalue weighted by Gasteiger charge is 2.27. The normalized spacial score (nSPS) is 18.3. The maximum atomic E-state index is 13.5. The van der Waals surface area contributed by atoms with Crippen molar-refractivity contribution in [2.24, 2.45) is 0 Å². The van der Waals surface area contributed by atoms with Gasteiger partial charge in [-0.1, -0.05) is 12.5 Å².